The average Bonchev–Trinajstić information content (AvgIpc) is 3.36. The van der Waals surface area contributed by atoms with Gasteiger partial charge in [-0.2, -0.15) is 0 Å². The van der Waals surface area contributed by atoms with E-state index in [9.17, 15) is 9.59 Å². The van der Waals surface area contributed by atoms with Gasteiger partial charge in [0, 0.05) is 36.7 Å². The Labute approximate surface area is 151 Å². The van der Waals surface area contributed by atoms with Crippen LogP contribution in [0.2, 0.25) is 0 Å². The van der Waals surface area contributed by atoms with E-state index < -0.39 is 0 Å². The number of aromatic nitrogens is 2. The van der Waals surface area contributed by atoms with Crippen LogP contribution >= 0.6 is 11.8 Å². The molecular formula is C18H22N4O2S. The zero-order valence-electron chi connectivity index (χ0n) is 14.4. The number of hydrogen-bond acceptors (Lipinski definition) is 4. The lowest BCUT2D eigenvalue weighted by Gasteiger charge is -2.13. The van der Waals surface area contributed by atoms with Gasteiger partial charge in [-0.05, 0) is 49.9 Å². The second kappa shape index (κ2) is 7.74. The van der Waals surface area contributed by atoms with E-state index in [1.807, 2.05) is 24.7 Å². The van der Waals surface area contributed by atoms with Gasteiger partial charge in [-0.25, -0.2) is 4.98 Å². The Morgan fingerprint density at radius 1 is 1.32 bits per heavy atom. The van der Waals surface area contributed by atoms with Crippen LogP contribution in [0.15, 0.2) is 41.8 Å². The zero-order chi connectivity index (χ0) is 17.8. The molecule has 0 radical (unpaired) electrons. The molecule has 132 valence electrons. The molecule has 0 bridgehead atoms. The second-order valence-electron chi connectivity index (χ2n) is 6.33. The van der Waals surface area contributed by atoms with Gasteiger partial charge >= 0.3 is 0 Å². The summed E-state index contributed by atoms with van der Waals surface area (Å²) in [7, 11) is 1.89. The summed E-state index contributed by atoms with van der Waals surface area (Å²) >= 11 is 1.38. The first-order chi connectivity index (χ1) is 12.0. The number of nitrogens with one attached hydrogen (secondary N) is 2. The Bertz CT molecular complexity index is 753. The van der Waals surface area contributed by atoms with Gasteiger partial charge in [-0.1, -0.05) is 11.8 Å². The maximum Gasteiger partial charge on any atom is 0.251 e. The maximum absolute atomic E-state index is 12.2. The molecule has 1 aromatic carbocycles. The smallest absolute Gasteiger partial charge is 0.251 e. The van der Waals surface area contributed by atoms with Gasteiger partial charge in [-0.15, -0.1) is 0 Å². The van der Waals surface area contributed by atoms with Crippen molar-refractivity contribution in [2.45, 2.75) is 31.0 Å². The first-order valence-corrected chi connectivity index (χ1v) is 9.32. The molecule has 0 saturated heterocycles. The van der Waals surface area contributed by atoms with Gasteiger partial charge in [-0.3, -0.25) is 9.59 Å². The number of carbonyl (C=O) groups excluding carboxylic acids is 2. The van der Waals surface area contributed by atoms with E-state index in [2.05, 4.69) is 15.6 Å². The fourth-order valence-corrected chi connectivity index (χ4v) is 3.26. The van der Waals surface area contributed by atoms with Crippen LogP contribution in [0.1, 0.15) is 30.1 Å². The molecular weight excluding hydrogens is 336 g/mol. The minimum atomic E-state index is -0.104. The summed E-state index contributed by atoms with van der Waals surface area (Å²) in [5.74, 6) is 0.736. The highest BCUT2D eigenvalue weighted by atomic mass is 32.2. The lowest BCUT2D eigenvalue weighted by atomic mass is 10.1. The fraction of sp³-hybridized carbons (Fsp3) is 0.389. The molecule has 7 heteroatoms. The molecule has 2 amide bonds. The molecule has 1 atom stereocenters. The van der Waals surface area contributed by atoms with E-state index >= 15 is 0 Å². The zero-order valence-corrected chi connectivity index (χ0v) is 15.2. The summed E-state index contributed by atoms with van der Waals surface area (Å²) < 4.78 is 1.87. The van der Waals surface area contributed by atoms with E-state index in [0.717, 1.165) is 5.16 Å². The van der Waals surface area contributed by atoms with E-state index in [4.69, 9.17) is 0 Å². The third-order valence-electron chi connectivity index (χ3n) is 4.23. The lowest BCUT2D eigenvalue weighted by Crippen LogP contribution is -2.33. The van der Waals surface area contributed by atoms with Crippen LogP contribution in [-0.2, 0) is 11.8 Å². The standard InChI is InChI=1S/C18H22N4O2S/c1-12(13-3-4-13)20-17(24)14-5-7-15(8-6-14)21-16(23)11-25-18-19-9-10-22(18)2/h5-10,12-13H,3-4,11H2,1-2H3,(H,20,24)(H,21,23). The van der Waals surface area contributed by atoms with Crippen LogP contribution in [0.25, 0.3) is 0 Å². The molecule has 2 N–H and O–H groups in total. The van der Waals surface area contributed by atoms with Crippen molar-refractivity contribution in [1.29, 1.82) is 0 Å². The SMILES string of the molecule is CC(NC(=O)c1ccc(NC(=O)CSc2nccn2C)cc1)C1CC1. The highest BCUT2D eigenvalue weighted by Gasteiger charge is 2.29. The van der Waals surface area contributed by atoms with Gasteiger partial charge in [0.2, 0.25) is 5.91 Å². The maximum atomic E-state index is 12.2. The third-order valence-corrected chi connectivity index (χ3v) is 5.29. The van der Waals surface area contributed by atoms with Gasteiger partial charge in [0.15, 0.2) is 5.16 Å². The Balaban J connectivity index is 1.48. The molecule has 0 spiro atoms. The first kappa shape index (κ1) is 17.5. The van der Waals surface area contributed by atoms with Crippen LogP contribution < -0.4 is 10.6 Å². The van der Waals surface area contributed by atoms with E-state index in [1.54, 1.807) is 30.5 Å². The molecule has 2 aromatic rings. The third kappa shape index (κ3) is 4.85. The molecule has 1 fully saturated rings. The Morgan fingerprint density at radius 2 is 2.04 bits per heavy atom. The van der Waals surface area contributed by atoms with Gasteiger partial charge in [0.05, 0.1) is 5.75 Å². The number of benzene rings is 1. The van der Waals surface area contributed by atoms with Gasteiger partial charge in [0.1, 0.15) is 0 Å². The quantitative estimate of drug-likeness (QED) is 0.746. The normalized spacial score (nSPS) is 14.8. The van der Waals surface area contributed by atoms with Gasteiger partial charge in [0.25, 0.3) is 5.91 Å². The van der Waals surface area contributed by atoms with E-state index in [0.29, 0.717) is 17.2 Å². The van der Waals surface area contributed by atoms with Crippen molar-refractivity contribution in [2.24, 2.45) is 13.0 Å². The van der Waals surface area contributed by atoms with Crippen molar-refractivity contribution in [3.8, 4) is 0 Å². The predicted molar refractivity (Wildman–Crippen MR) is 98.7 cm³/mol. The van der Waals surface area contributed by atoms with Gasteiger partial charge < -0.3 is 15.2 Å². The Morgan fingerprint density at radius 3 is 2.64 bits per heavy atom. The van der Waals surface area contributed by atoms with Crippen molar-refractivity contribution < 1.29 is 9.59 Å². The minimum absolute atomic E-state index is 0.0670. The molecule has 1 aromatic heterocycles. The lowest BCUT2D eigenvalue weighted by molar-refractivity contribution is -0.113. The highest BCUT2D eigenvalue weighted by Crippen LogP contribution is 2.32. The summed E-state index contributed by atoms with van der Waals surface area (Å²) in [6.45, 7) is 2.05. The molecule has 1 aliphatic rings. The Hall–Kier alpha value is -2.28. The van der Waals surface area contributed by atoms with Crippen molar-refractivity contribution >= 4 is 29.3 Å². The number of thioether (sulfide) groups is 1. The summed E-state index contributed by atoms with van der Waals surface area (Å²) in [6, 6.07) is 7.18. The topological polar surface area (TPSA) is 76.0 Å². The Kier molecular flexibility index (Phi) is 5.43. The number of anilines is 1. The molecule has 25 heavy (non-hydrogen) atoms. The number of imidazole rings is 1. The molecule has 1 heterocycles. The number of hydrogen-bond donors (Lipinski definition) is 2. The summed E-state index contributed by atoms with van der Waals surface area (Å²) in [6.07, 6.45) is 5.94. The van der Waals surface area contributed by atoms with Crippen molar-refractivity contribution in [1.82, 2.24) is 14.9 Å². The van der Waals surface area contributed by atoms with Crippen LogP contribution in [0, 0.1) is 5.92 Å². The number of aryl methyl sites for hydroxylation is 1. The van der Waals surface area contributed by atoms with Crippen LogP contribution in [0.3, 0.4) is 0 Å². The molecule has 1 aliphatic carbocycles. The largest absolute Gasteiger partial charge is 0.349 e. The average molecular weight is 358 g/mol. The van der Waals surface area contributed by atoms with E-state index in [-0.39, 0.29) is 23.6 Å². The molecule has 0 aliphatic heterocycles. The molecule has 1 saturated carbocycles. The summed E-state index contributed by atoms with van der Waals surface area (Å²) in [4.78, 5) is 28.4. The number of rotatable bonds is 7. The monoisotopic (exact) mass is 358 g/mol. The van der Waals surface area contributed by atoms with Crippen LogP contribution in [-0.4, -0.2) is 33.2 Å². The summed E-state index contributed by atoms with van der Waals surface area (Å²) in [5, 5.41) is 6.65. The molecule has 6 nitrogen and oxygen atoms in total. The van der Waals surface area contributed by atoms with Crippen LogP contribution in [0.5, 0.6) is 0 Å². The first-order valence-electron chi connectivity index (χ1n) is 8.34. The molecule has 1 unspecified atom stereocenters. The minimum Gasteiger partial charge on any atom is -0.349 e. The van der Waals surface area contributed by atoms with Crippen molar-refractivity contribution in [3.05, 3.63) is 42.2 Å². The highest BCUT2D eigenvalue weighted by molar-refractivity contribution is 7.99. The summed E-state index contributed by atoms with van der Waals surface area (Å²) in [5.41, 5.74) is 1.28. The van der Waals surface area contributed by atoms with Crippen LogP contribution in [0.4, 0.5) is 5.69 Å². The molecule has 3 rings (SSSR count). The fourth-order valence-electron chi connectivity index (χ4n) is 2.53. The number of carbonyl (C=O) groups is 2. The number of amides is 2. The van der Waals surface area contributed by atoms with Crippen molar-refractivity contribution in [2.75, 3.05) is 11.1 Å². The predicted octanol–water partition coefficient (Wildman–Crippen LogP) is 2.68. The second-order valence-corrected chi connectivity index (χ2v) is 7.28. The van der Waals surface area contributed by atoms with Crippen molar-refractivity contribution in [3.63, 3.8) is 0 Å². The van der Waals surface area contributed by atoms with E-state index in [1.165, 1.54) is 24.6 Å². The number of nitrogens with zero attached hydrogens (tertiary/aromatic N) is 2.